The molecule has 0 spiro atoms. The van der Waals surface area contributed by atoms with Crippen LogP contribution in [0.4, 0.5) is 8.78 Å². The second-order valence-electron chi connectivity index (χ2n) is 5.18. The van der Waals surface area contributed by atoms with Crippen molar-refractivity contribution in [3.05, 3.63) is 59.2 Å². The molecule has 0 saturated heterocycles. The van der Waals surface area contributed by atoms with Gasteiger partial charge in [0.05, 0.1) is 11.6 Å². The zero-order chi connectivity index (χ0) is 15.4. The highest BCUT2D eigenvalue weighted by molar-refractivity contribution is 5.69. The molecular weight excluding hydrogens is 270 g/mol. The molecule has 2 aromatic carbocycles. The van der Waals surface area contributed by atoms with Crippen molar-refractivity contribution in [2.45, 2.75) is 26.4 Å². The molecule has 0 atom stereocenters. The molecule has 0 saturated carbocycles. The Morgan fingerprint density at radius 3 is 2.52 bits per heavy atom. The molecule has 2 aromatic rings. The molecule has 0 aromatic heterocycles. The van der Waals surface area contributed by atoms with Gasteiger partial charge in [0, 0.05) is 12.6 Å². The Kier molecular flexibility index (Phi) is 4.66. The lowest BCUT2D eigenvalue weighted by atomic mass is 9.97. The minimum Gasteiger partial charge on any atom is -0.310 e. The van der Waals surface area contributed by atoms with Crippen molar-refractivity contribution >= 4 is 0 Å². The molecule has 0 radical (unpaired) electrons. The largest absolute Gasteiger partial charge is 0.310 e. The van der Waals surface area contributed by atoms with E-state index in [0.29, 0.717) is 17.7 Å². The van der Waals surface area contributed by atoms with Crippen molar-refractivity contribution in [2.24, 2.45) is 0 Å². The average molecular weight is 286 g/mol. The number of nitriles is 1. The van der Waals surface area contributed by atoms with Gasteiger partial charge >= 0.3 is 0 Å². The maximum atomic E-state index is 13.6. The predicted molar refractivity (Wildman–Crippen MR) is 78.5 cm³/mol. The maximum absolute atomic E-state index is 13.6. The number of rotatable bonds is 4. The van der Waals surface area contributed by atoms with E-state index in [1.807, 2.05) is 19.9 Å². The molecule has 0 aliphatic carbocycles. The number of hydrogen-bond acceptors (Lipinski definition) is 2. The fourth-order valence-corrected chi connectivity index (χ4v) is 2.10. The number of nitrogens with one attached hydrogen (secondary N) is 1. The summed E-state index contributed by atoms with van der Waals surface area (Å²) in [4.78, 5) is 0. The van der Waals surface area contributed by atoms with E-state index < -0.39 is 5.82 Å². The molecule has 2 nitrogen and oxygen atoms in total. The summed E-state index contributed by atoms with van der Waals surface area (Å²) in [7, 11) is 0. The molecule has 0 amide bonds. The summed E-state index contributed by atoms with van der Waals surface area (Å²) in [5, 5.41) is 12.2. The molecule has 0 heterocycles. The lowest BCUT2D eigenvalue weighted by molar-refractivity contribution is 0.587. The fraction of sp³-hybridized carbons (Fsp3) is 0.235. The van der Waals surface area contributed by atoms with E-state index in [0.717, 1.165) is 11.6 Å². The van der Waals surface area contributed by atoms with Crippen LogP contribution in [0.2, 0.25) is 0 Å². The zero-order valence-corrected chi connectivity index (χ0v) is 12.0. The standard InChI is InChI=1S/C17H16F2N2/c1-11(2)21-10-13-3-4-15(18)8-17(13)14-5-12(9-20)6-16(19)7-14/h3-8,11,21H,10H2,1-2H3. The van der Waals surface area contributed by atoms with Crippen LogP contribution in [-0.2, 0) is 6.54 Å². The summed E-state index contributed by atoms with van der Waals surface area (Å²) in [6.45, 7) is 4.57. The molecule has 1 N–H and O–H groups in total. The number of halogens is 2. The van der Waals surface area contributed by atoms with E-state index >= 15 is 0 Å². The van der Waals surface area contributed by atoms with E-state index in [2.05, 4.69) is 5.32 Å². The monoisotopic (exact) mass is 286 g/mol. The van der Waals surface area contributed by atoms with Crippen LogP contribution in [0, 0.1) is 23.0 Å². The second-order valence-corrected chi connectivity index (χ2v) is 5.18. The summed E-state index contributed by atoms with van der Waals surface area (Å²) in [5.74, 6) is -0.892. The van der Waals surface area contributed by atoms with Gasteiger partial charge < -0.3 is 5.32 Å². The van der Waals surface area contributed by atoms with Gasteiger partial charge in [0.2, 0.25) is 0 Å². The third-order valence-electron chi connectivity index (χ3n) is 3.11. The molecular formula is C17H16F2N2. The SMILES string of the molecule is CC(C)NCc1ccc(F)cc1-c1cc(F)cc(C#N)c1. The first-order valence-corrected chi connectivity index (χ1v) is 6.72. The van der Waals surface area contributed by atoms with Gasteiger partial charge in [0.1, 0.15) is 11.6 Å². The molecule has 21 heavy (non-hydrogen) atoms. The molecule has 0 aliphatic rings. The lowest BCUT2D eigenvalue weighted by Crippen LogP contribution is -2.22. The molecule has 0 unspecified atom stereocenters. The van der Waals surface area contributed by atoms with Gasteiger partial charge in [-0.2, -0.15) is 5.26 Å². The number of nitrogens with zero attached hydrogens (tertiary/aromatic N) is 1. The first-order valence-electron chi connectivity index (χ1n) is 6.72. The Bertz CT molecular complexity index is 688. The molecule has 0 bridgehead atoms. The van der Waals surface area contributed by atoms with E-state index in [9.17, 15) is 8.78 Å². The van der Waals surface area contributed by atoms with Gasteiger partial charge in [0.15, 0.2) is 0 Å². The van der Waals surface area contributed by atoms with Crippen molar-refractivity contribution in [1.29, 1.82) is 5.26 Å². The predicted octanol–water partition coefficient (Wildman–Crippen LogP) is 4.00. The third-order valence-corrected chi connectivity index (χ3v) is 3.11. The Hall–Kier alpha value is -2.25. The van der Waals surface area contributed by atoms with E-state index in [1.54, 1.807) is 12.1 Å². The Balaban J connectivity index is 2.49. The highest BCUT2D eigenvalue weighted by atomic mass is 19.1. The summed E-state index contributed by atoms with van der Waals surface area (Å²) in [5.41, 5.74) is 2.18. The lowest BCUT2D eigenvalue weighted by Gasteiger charge is -2.13. The van der Waals surface area contributed by atoms with Crippen LogP contribution >= 0.6 is 0 Å². The van der Waals surface area contributed by atoms with E-state index in [-0.39, 0.29) is 17.4 Å². The average Bonchev–Trinajstić information content (AvgIpc) is 2.45. The van der Waals surface area contributed by atoms with Gasteiger partial charge in [-0.3, -0.25) is 0 Å². The number of benzene rings is 2. The maximum Gasteiger partial charge on any atom is 0.125 e. The van der Waals surface area contributed by atoms with Crippen LogP contribution in [0.25, 0.3) is 11.1 Å². The minimum atomic E-state index is -0.504. The molecule has 0 fully saturated rings. The zero-order valence-electron chi connectivity index (χ0n) is 12.0. The van der Waals surface area contributed by atoms with Crippen molar-refractivity contribution in [3.63, 3.8) is 0 Å². The van der Waals surface area contributed by atoms with Crippen LogP contribution < -0.4 is 5.32 Å². The van der Waals surface area contributed by atoms with Crippen LogP contribution in [-0.4, -0.2) is 6.04 Å². The topological polar surface area (TPSA) is 35.8 Å². The fourth-order valence-electron chi connectivity index (χ4n) is 2.10. The first-order chi connectivity index (χ1) is 9.99. The molecule has 2 rings (SSSR count). The highest BCUT2D eigenvalue weighted by Gasteiger charge is 2.10. The summed E-state index contributed by atoms with van der Waals surface area (Å²) >= 11 is 0. The molecule has 0 aliphatic heterocycles. The van der Waals surface area contributed by atoms with Gasteiger partial charge in [-0.05, 0) is 47.0 Å². The Labute approximate surface area is 123 Å². The van der Waals surface area contributed by atoms with Crippen molar-refractivity contribution in [2.75, 3.05) is 0 Å². The first kappa shape index (κ1) is 15.1. The van der Waals surface area contributed by atoms with Crippen LogP contribution in [0.5, 0.6) is 0 Å². The van der Waals surface area contributed by atoms with E-state index in [4.69, 9.17) is 5.26 Å². The van der Waals surface area contributed by atoms with Crippen LogP contribution in [0.3, 0.4) is 0 Å². The summed E-state index contributed by atoms with van der Waals surface area (Å²) < 4.78 is 27.1. The molecule has 108 valence electrons. The third kappa shape index (κ3) is 3.87. The normalized spacial score (nSPS) is 10.7. The van der Waals surface area contributed by atoms with Crippen LogP contribution in [0.1, 0.15) is 25.0 Å². The van der Waals surface area contributed by atoms with Crippen LogP contribution in [0.15, 0.2) is 36.4 Å². The second kappa shape index (κ2) is 6.47. The minimum absolute atomic E-state index is 0.219. The highest BCUT2D eigenvalue weighted by Crippen LogP contribution is 2.26. The van der Waals surface area contributed by atoms with E-state index in [1.165, 1.54) is 18.2 Å². The summed E-state index contributed by atoms with van der Waals surface area (Å²) in [6, 6.07) is 10.7. The number of hydrogen-bond donors (Lipinski definition) is 1. The van der Waals surface area contributed by atoms with Crippen molar-refractivity contribution in [3.8, 4) is 17.2 Å². The smallest absolute Gasteiger partial charge is 0.125 e. The van der Waals surface area contributed by atoms with Gasteiger partial charge in [0.25, 0.3) is 0 Å². The Morgan fingerprint density at radius 1 is 1.10 bits per heavy atom. The van der Waals surface area contributed by atoms with Gasteiger partial charge in [-0.25, -0.2) is 8.78 Å². The summed E-state index contributed by atoms with van der Waals surface area (Å²) in [6.07, 6.45) is 0. The quantitative estimate of drug-likeness (QED) is 0.922. The Morgan fingerprint density at radius 2 is 1.86 bits per heavy atom. The molecule has 4 heteroatoms. The van der Waals surface area contributed by atoms with Gasteiger partial charge in [-0.15, -0.1) is 0 Å². The van der Waals surface area contributed by atoms with Crippen molar-refractivity contribution in [1.82, 2.24) is 5.32 Å². The van der Waals surface area contributed by atoms with Crippen molar-refractivity contribution < 1.29 is 8.78 Å². The van der Waals surface area contributed by atoms with Gasteiger partial charge in [-0.1, -0.05) is 19.9 Å².